The van der Waals surface area contributed by atoms with Crippen molar-refractivity contribution in [2.75, 3.05) is 6.54 Å². The minimum Gasteiger partial charge on any atom is -0.352 e. The molecule has 0 bridgehead atoms. The number of carbonyl (C=O) groups excluding carboxylic acids is 2. The fourth-order valence-electron chi connectivity index (χ4n) is 2.17. The van der Waals surface area contributed by atoms with Crippen molar-refractivity contribution in [1.29, 1.82) is 0 Å². The molecule has 5 heteroatoms. The molecule has 0 aliphatic heterocycles. The lowest BCUT2D eigenvalue weighted by Crippen LogP contribution is -2.26. The zero-order chi connectivity index (χ0) is 17.4. The van der Waals surface area contributed by atoms with Crippen molar-refractivity contribution >= 4 is 11.8 Å². The molecule has 0 radical (unpaired) electrons. The third-order valence-corrected chi connectivity index (χ3v) is 3.57. The van der Waals surface area contributed by atoms with Gasteiger partial charge in [0.05, 0.1) is 0 Å². The van der Waals surface area contributed by atoms with Crippen LogP contribution in [0.1, 0.15) is 46.0 Å². The second kappa shape index (κ2) is 8.82. The van der Waals surface area contributed by atoms with E-state index in [0.29, 0.717) is 24.2 Å². The molecule has 0 saturated heterocycles. The monoisotopic (exact) mass is 328 g/mol. The topological polar surface area (TPSA) is 58.2 Å². The molecule has 0 spiro atoms. The van der Waals surface area contributed by atoms with E-state index < -0.39 is 0 Å². The van der Waals surface area contributed by atoms with Crippen LogP contribution in [0.5, 0.6) is 0 Å². The van der Waals surface area contributed by atoms with E-state index >= 15 is 0 Å². The highest BCUT2D eigenvalue weighted by molar-refractivity contribution is 5.99. The van der Waals surface area contributed by atoms with Gasteiger partial charge in [0.15, 0.2) is 0 Å². The maximum Gasteiger partial charge on any atom is 0.251 e. The van der Waals surface area contributed by atoms with Crippen LogP contribution < -0.4 is 10.6 Å². The van der Waals surface area contributed by atoms with Gasteiger partial charge in [-0.25, -0.2) is 4.39 Å². The summed E-state index contributed by atoms with van der Waals surface area (Å²) in [5.74, 6) is -0.772. The van der Waals surface area contributed by atoms with E-state index in [2.05, 4.69) is 17.6 Å². The second-order valence-electron chi connectivity index (χ2n) is 5.50. The smallest absolute Gasteiger partial charge is 0.251 e. The Morgan fingerprint density at radius 1 is 0.958 bits per heavy atom. The first kappa shape index (κ1) is 17.7. The van der Waals surface area contributed by atoms with Gasteiger partial charge in [-0.2, -0.15) is 0 Å². The van der Waals surface area contributed by atoms with Crippen molar-refractivity contribution in [3.05, 3.63) is 71.0 Å². The third kappa shape index (κ3) is 5.19. The summed E-state index contributed by atoms with van der Waals surface area (Å²) in [4.78, 5) is 24.2. The Bertz CT molecular complexity index is 699. The van der Waals surface area contributed by atoms with Crippen molar-refractivity contribution in [3.63, 3.8) is 0 Å². The molecule has 2 aromatic carbocycles. The van der Waals surface area contributed by atoms with E-state index in [1.807, 2.05) is 0 Å². The van der Waals surface area contributed by atoms with E-state index in [-0.39, 0.29) is 17.6 Å². The zero-order valence-corrected chi connectivity index (χ0v) is 13.6. The van der Waals surface area contributed by atoms with Crippen LogP contribution in [-0.4, -0.2) is 18.4 Å². The summed E-state index contributed by atoms with van der Waals surface area (Å²) in [6.07, 6.45) is 1.93. The lowest BCUT2D eigenvalue weighted by molar-refractivity contribution is 0.0950. The molecule has 0 heterocycles. The molecular weight excluding hydrogens is 307 g/mol. The number of unbranched alkanes of at least 4 members (excludes halogenated alkanes) is 1. The molecule has 24 heavy (non-hydrogen) atoms. The summed E-state index contributed by atoms with van der Waals surface area (Å²) in [5, 5.41) is 5.58. The molecule has 0 atom stereocenters. The lowest BCUT2D eigenvalue weighted by Gasteiger charge is -2.08. The summed E-state index contributed by atoms with van der Waals surface area (Å²) in [5.41, 5.74) is 1.68. The van der Waals surface area contributed by atoms with Gasteiger partial charge in [-0.3, -0.25) is 9.59 Å². The fourth-order valence-corrected chi connectivity index (χ4v) is 2.17. The van der Waals surface area contributed by atoms with Crippen LogP contribution in [-0.2, 0) is 6.54 Å². The van der Waals surface area contributed by atoms with Crippen LogP contribution in [0.25, 0.3) is 0 Å². The highest BCUT2D eigenvalue weighted by atomic mass is 19.1. The Labute approximate surface area is 141 Å². The molecule has 2 amide bonds. The van der Waals surface area contributed by atoms with E-state index in [1.54, 1.807) is 36.4 Å². The zero-order valence-electron chi connectivity index (χ0n) is 13.6. The van der Waals surface area contributed by atoms with Crippen LogP contribution >= 0.6 is 0 Å². The number of rotatable bonds is 7. The maximum atomic E-state index is 12.9. The van der Waals surface area contributed by atoms with Gasteiger partial charge in [-0.15, -0.1) is 0 Å². The molecule has 0 aromatic heterocycles. The van der Waals surface area contributed by atoms with Gasteiger partial charge < -0.3 is 10.6 Å². The maximum absolute atomic E-state index is 12.9. The molecular formula is C19H21FN2O2. The van der Waals surface area contributed by atoms with Gasteiger partial charge in [0.1, 0.15) is 5.82 Å². The van der Waals surface area contributed by atoms with Crippen molar-refractivity contribution in [2.45, 2.75) is 26.3 Å². The average Bonchev–Trinajstić information content (AvgIpc) is 2.61. The minimum atomic E-state index is -0.313. The third-order valence-electron chi connectivity index (χ3n) is 3.57. The summed E-state index contributed by atoms with van der Waals surface area (Å²) < 4.78 is 12.9. The molecule has 0 saturated carbocycles. The molecule has 2 rings (SSSR count). The largest absolute Gasteiger partial charge is 0.352 e. The fraction of sp³-hybridized carbons (Fsp3) is 0.263. The Balaban J connectivity index is 1.95. The predicted molar refractivity (Wildman–Crippen MR) is 91.3 cm³/mol. The molecule has 0 aliphatic carbocycles. The van der Waals surface area contributed by atoms with Crippen LogP contribution in [0.15, 0.2) is 48.5 Å². The SMILES string of the molecule is CCCCNC(=O)c1cccc(C(=O)NCc2ccc(F)cc2)c1. The van der Waals surface area contributed by atoms with E-state index in [0.717, 1.165) is 18.4 Å². The Morgan fingerprint density at radius 2 is 1.58 bits per heavy atom. The number of carbonyl (C=O) groups is 2. The second-order valence-corrected chi connectivity index (χ2v) is 5.50. The van der Waals surface area contributed by atoms with Crippen LogP contribution in [0.4, 0.5) is 4.39 Å². The quantitative estimate of drug-likeness (QED) is 0.766. The standard InChI is InChI=1S/C19H21FN2O2/c1-2-3-11-21-18(23)15-5-4-6-16(12-15)19(24)22-13-14-7-9-17(20)10-8-14/h4-10,12H,2-3,11,13H2,1H3,(H,21,23)(H,22,24). The number of amides is 2. The average molecular weight is 328 g/mol. The van der Waals surface area contributed by atoms with Gasteiger partial charge in [0.2, 0.25) is 0 Å². The van der Waals surface area contributed by atoms with E-state index in [4.69, 9.17) is 0 Å². The lowest BCUT2D eigenvalue weighted by atomic mass is 10.1. The van der Waals surface area contributed by atoms with Crippen molar-refractivity contribution in [2.24, 2.45) is 0 Å². The van der Waals surface area contributed by atoms with Crippen LogP contribution in [0.3, 0.4) is 0 Å². The summed E-state index contributed by atoms with van der Waals surface area (Å²) in [7, 11) is 0. The number of hydrogen-bond donors (Lipinski definition) is 2. The number of nitrogens with one attached hydrogen (secondary N) is 2. The summed E-state index contributed by atoms with van der Waals surface area (Å²) >= 11 is 0. The molecule has 2 aromatic rings. The Morgan fingerprint density at radius 3 is 2.21 bits per heavy atom. The van der Waals surface area contributed by atoms with Gasteiger partial charge in [0, 0.05) is 24.2 Å². The number of benzene rings is 2. The first-order valence-corrected chi connectivity index (χ1v) is 8.01. The first-order chi connectivity index (χ1) is 11.6. The normalized spacial score (nSPS) is 10.2. The highest BCUT2D eigenvalue weighted by Gasteiger charge is 2.10. The molecule has 4 nitrogen and oxygen atoms in total. The number of hydrogen-bond acceptors (Lipinski definition) is 2. The summed E-state index contributed by atoms with van der Waals surface area (Å²) in [6, 6.07) is 12.5. The molecule has 0 unspecified atom stereocenters. The predicted octanol–water partition coefficient (Wildman–Crippen LogP) is 3.29. The van der Waals surface area contributed by atoms with Crippen molar-refractivity contribution in [3.8, 4) is 0 Å². The molecule has 0 aliphatic rings. The molecule has 0 fully saturated rings. The van der Waals surface area contributed by atoms with Gasteiger partial charge in [-0.1, -0.05) is 31.5 Å². The molecule has 126 valence electrons. The first-order valence-electron chi connectivity index (χ1n) is 8.01. The van der Waals surface area contributed by atoms with Gasteiger partial charge in [0.25, 0.3) is 11.8 Å². The van der Waals surface area contributed by atoms with E-state index in [1.165, 1.54) is 12.1 Å². The van der Waals surface area contributed by atoms with Gasteiger partial charge in [-0.05, 0) is 42.3 Å². The van der Waals surface area contributed by atoms with Crippen LogP contribution in [0.2, 0.25) is 0 Å². The van der Waals surface area contributed by atoms with Crippen molar-refractivity contribution < 1.29 is 14.0 Å². The summed E-state index contributed by atoms with van der Waals surface area (Å²) in [6.45, 7) is 2.97. The Hall–Kier alpha value is -2.69. The van der Waals surface area contributed by atoms with Gasteiger partial charge >= 0.3 is 0 Å². The van der Waals surface area contributed by atoms with E-state index in [9.17, 15) is 14.0 Å². The van der Waals surface area contributed by atoms with Crippen molar-refractivity contribution in [1.82, 2.24) is 10.6 Å². The van der Waals surface area contributed by atoms with Crippen LogP contribution in [0, 0.1) is 5.82 Å². The minimum absolute atomic E-state index is 0.184. The molecule has 2 N–H and O–H groups in total. The Kier molecular flexibility index (Phi) is 6.49. The number of halogens is 1. The highest BCUT2D eigenvalue weighted by Crippen LogP contribution is 2.07.